The van der Waals surface area contributed by atoms with Crippen LogP contribution in [0.3, 0.4) is 0 Å². The van der Waals surface area contributed by atoms with Gasteiger partial charge in [0.05, 0.1) is 28.2 Å². The van der Waals surface area contributed by atoms with Crippen LogP contribution in [-0.4, -0.2) is 62.0 Å². The van der Waals surface area contributed by atoms with E-state index in [2.05, 4.69) is 27.2 Å². The minimum absolute atomic E-state index is 0.0426. The van der Waals surface area contributed by atoms with E-state index in [0.29, 0.717) is 30.4 Å². The van der Waals surface area contributed by atoms with Crippen molar-refractivity contribution in [3.63, 3.8) is 0 Å². The molecule has 1 saturated heterocycles. The predicted octanol–water partition coefficient (Wildman–Crippen LogP) is 4.73. The third kappa shape index (κ3) is 6.38. The number of hydrogen-bond acceptors (Lipinski definition) is 8. The minimum Gasteiger partial charge on any atom is -0.476 e. The van der Waals surface area contributed by atoms with Gasteiger partial charge in [-0.2, -0.15) is 18.3 Å². The number of nitrogens with zero attached hydrogens (tertiary/aromatic N) is 6. The van der Waals surface area contributed by atoms with Crippen LogP contribution in [0.5, 0.6) is 5.88 Å². The molecule has 0 spiro atoms. The van der Waals surface area contributed by atoms with E-state index >= 15 is 0 Å². The molecule has 1 amide bonds. The van der Waals surface area contributed by atoms with Gasteiger partial charge in [0.2, 0.25) is 5.88 Å². The second-order valence-corrected chi connectivity index (χ2v) is 11.9. The van der Waals surface area contributed by atoms with E-state index in [4.69, 9.17) is 9.72 Å². The largest absolute Gasteiger partial charge is 0.476 e. The van der Waals surface area contributed by atoms with Crippen LogP contribution in [0, 0.1) is 12.3 Å². The Morgan fingerprint density at radius 2 is 1.98 bits per heavy atom. The van der Waals surface area contributed by atoms with Crippen LogP contribution >= 0.6 is 11.9 Å². The van der Waals surface area contributed by atoms with Gasteiger partial charge >= 0.3 is 6.18 Å². The molecule has 0 aliphatic carbocycles. The summed E-state index contributed by atoms with van der Waals surface area (Å²) in [7, 11) is 0. The van der Waals surface area contributed by atoms with Crippen molar-refractivity contribution in [3.05, 3.63) is 41.9 Å². The monoisotopic (exact) mass is 580 g/mol. The molecule has 1 aliphatic rings. The molecule has 10 nitrogen and oxygen atoms in total. The summed E-state index contributed by atoms with van der Waals surface area (Å²) < 4.78 is 51.1. The molecule has 3 aromatic heterocycles. The number of alkyl halides is 3. The normalized spacial score (nSPS) is 15.5. The third-order valence-corrected chi connectivity index (χ3v) is 7.58. The van der Waals surface area contributed by atoms with Gasteiger partial charge in [-0.25, -0.2) is 9.67 Å². The summed E-state index contributed by atoms with van der Waals surface area (Å²) in [6, 6.07) is 4.79. The molecule has 0 bridgehead atoms. The summed E-state index contributed by atoms with van der Waals surface area (Å²) in [5.41, 5.74) is -1.15. The Bertz CT molecular complexity index is 1350. The summed E-state index contributed by atoms with van der Waals surface area (Å²) in [5.74, 6) is 0.577. The van der Waals surface area contributed by atoms with Crippen LogP contribution in [0.1, 0.15) is 57.1 Å². The summed E-state index contributed by atoms with van der Waals surface area (Å²) in [4.78, 5) is 21.0. The van der Waals surface area contributed by atoms with E-state index in [1.807, 2.05) is 36.5 Å². The fraction of sp³-hybridized carbons (Fsp3) is 0.538. The molecule has 1 fully saturated rings. The van der Waals surface area contributed by atoms with Gasteiger partial charge in [0, 0.05) is 37.1 Å². The minimum atomic E-state index is -4.41. The first kappa shape index (κ1) is 29.7. The van der Waals surface area contributed by atoms with Crippen molar-refractivity contribution < 1.29 is 22.7 Å². The molecule has 0 atom stereocenters. The maximum absolute atomic E-state index is 13.4. The van der Waals surface area contributed by atoms with Gasteiger partial charge in [-0.1, -0.05) is 6.92 Å². The van der Waals surface area contributed by atoms with Crippen LogP contribution in [0.2, 0.25) is 0 Å². The molecule has 218 valence electrons. The first-order chi connectivity index (χ1) is 18.7. The van der Waals surface area contributed by atoms with Gasteiger partial charge in [0.15, 0.2) is 5.82 Å². The number of pyridine rings is 1. The number of nitrogens with one attached hydrogen (secondary N) is 2. The fourth-order valence-electron chi connectivity index (χ4n) is 4.04. The lowest BCUT2D eigenvalue weighted by molar-refractivity contribution is -0.219. The molecule has 0 aromatic carbocycles. The summed E-state index contributed by atoms with van der Waals surface area (Å²) in [6.45, 7) is 11.6. The Morgan fingerprint density at radius 3 is 2.62 bits per heavy atom. The van der Waals surface area contributed by atoms with Gasteiger partial charge in [-0.15, -0.1) is 5.10 Å². The molecular weight excluding hydrogens is 545 g/mol. The van der Waals surface area contributed by atoms with Crippen LogP contribution < -0.4 is 19.7 Å². The van der Waals surface area contributed by atoms with Crippen molar-refractivity contribution in [2.75, 3.05) is 24.7 Å². The topological polar surface area (TPSA) is 102 Å². The lowest BCUT2D eigenvalue weighted by atomic mass is 9.94. The van der Waals surface area contributed by atoms with E-state index < -0.39 is 18.2 Å². The number of carbonyl (C=O) groups excluding carboxylic acids is 1. The van der Waals surface area contributed by atoms with E-state index in [-0.39, 0.29) is 17.3 Å². The van der Waals surface area contributed by atoms with Crippen LogP contribution in [0.25, 0.3) is 5.82 Å². The molecule has 0 radical (unpaired) electrons. The van der Waals surface area contributed by atoms with Gasteiger partial charge in [-0.3, -0.25) is 19.5 Å². The van der Waals surface area contributed by atoms with Gasteiger partial charge in [0.25, 0.3) is 5.91 Å². The van der Waals surface area contributed by atoms with Gasteiger partial charge in [0.1, 0.15) is 12.4 Å². The zero-order valence-electron chi connectivity index (χ0n) is 23.5. The van der Waals surface area contributed by atoms with E-state index in [0.717, 1.165) is 37.4 Å². The maximum Gasteiger partial charge on any atom is 0.397 e. The highest BCUT2D eigenvalue weighted by atomic mass is 32.2. The molecule has 14 heteroatoms. The van der Waals surface area contributed by atoms with Crippen LogP contribution in [0.15, 0.2) is 35.5 Å². The van der Waals surface area contributed by atoms with Crippen molar-refractivity contribution in [1.82, 2.24) is 34.6 Å². The zero-order chi connectivity index (χ0) is 29.3. The molecule has 1 aliphatic heterocycles. The SMILES string of the molecule is CCCn1cc(SNC(=O)c2ccc(-n3ccc(OCC(C)(C)C(F)(F)F)n3)nc2N2CNCC2(C)C)c(C)n1. The number of hydrogen-bond donors (Lipinski definition) is 2. The number of aryl methyl sites for hydroxylation is 2. The number of amides is 1. The average molecular weight is 581 g/mol. The standard InChI is InChI=1S/C26H35F3N8O2S/c1-7-11-35-13-19(17(2)32-35)40-34-23(38)18-8-9-20(31-22(18)36-16-30-14-25(36,5)6)37-12-10-21(33-37)39-15-24(3,4)26(27,28)29/h8-10,12-13,30H,7,11,14-16H2,1-6H3,(H,34,38). The Labute approximate surface area is 235 Å². The van der Waals surface area contributed by atoms with Crippen molar-refractivity contribution in [2.24, 2.45) is 5.41 Å². The Kier molecular flexibility index (Phi) is 8.41. The van der Waals surface area contributed by atoms with Crippen LogP contribution in [-0.2, 0) is 6.54 Å². The van der Waals surface area contributed by atoms with E-state index in [1.165, 1.54) is 22.7 Å². The van der Waals surface area contributed by atoms with Gasteiger partial charge in [-0.05, 0) is 65.1 Å². The Hall–Kier alpha value is -3.26. The highest BCUT2D eigenvalue weighted by Crippen LogP contribution is 2.37. The number of halogens is 3. The van der Waals surface area contributed by atoms with Gasteiger partial charge < -0.3 is 9.64 Å². The molecule has 2 N–H and O–H groups in total. The first-order valence-electron chi connectivity index (χ1n) is 13.0. The number of ether oxygens (including phenoxy) is 1. The number of carbonyl (C=O) groups is 1. The molecular formula is C26H35F3N8O2S. The van der Waals surface area contributed by atoms with Crippen molar-refractivity contribution in [1.29, 1.82) is 0 Å². The second-order valence-electron chi connectivity index (χ2n) is 11.0. The lowest BCUT2D eigenvalue weighted by Crippen LogP contribution is -2.42. The number of rotatable bonds is 10. The third-order valence-electron chi connectivity index (χ3n) is 6.67. The average Bonchev–Trinajstić information content (AvgIpc) is 3.58. The number of aromatic nitrogens is 5. The molecule has 4 heterocycles. The first-order valence-corrected chi connectivity index (χ1v) is 13.8. The molecule has 3 aromatic rings. The van der Waals surface area contributed by atoms with E-state index in [9.17, 15) is 18.0 Å². The van der Waals surface area contributed by atoms with E-state index in [1.54, 1.807) is 18.3 Å². The van der Waals surface area contributed by atoms with Crippen molar-refractivity contribution in [2.45, 2.75) is 71.1 Å². The second kappa shape index (κ2) is 11.3. The quantitative estimate of drug-likeness (QED) is 0.332. The summed E-state index contributed by atoms with van der Waals surface area (Å²) in [5, 5.41) is 12.1. The number of anilines is 1. The highest BCUT2D eigenvalue weighted by molar-refractivity contribution is 7.98. The predicted molar refractivity (Wildman–Crippen MR) is 147 cm³/mol. The fourth-order valence-corrected chi connectivity index (χ4v) is 4.72. The summed E-state index contributed by atoms with van der Waals surface area (Å²) in [6.07, 6.45) is 0.00842. The molecule has 0 unspecified atom stereocenters. The molecule has 40 heavy (non-hydrogen) atoms. The lowest BCUT2D eigenvalue weighted by Gasteiger charge is -2.32. The zero-order valence-corrected chi connectivity index (χ0v) is 24.3. The smallest absolute Gasteiger partial charge is 0.397 e. The highest BCUT2D eigenvalue weighted by Gasteiger charge is 2.48. The Balaban J connectivity index is 1.57. The Morgan fingerprint density at radius 1 is 1.23 bits per heavy atom. The molecule has 4 rings (SSSR count). The maximum atomic E-state index is 13.4. The van der Waals surface area contributed by atoms with Crippen molar-refractivity contribution >= 4 is 23.7 Å². The van der Waals surface area contributed by atoms with Crippen LogP contribution in [0.4, 0.5) is 19.0 Å². The molecule has 0 saturated carbocycles. The summed E-state index contributed by atoms with van der Waals surface area (Å²) >= 11 is 1.20. The van der Waals surface area contributed by atoms with Crippen molar-refractivity contribution in [3.8, 4) is 11.7 Å².